The van der Waals surface area contributed by atoms with Gasteiger partial charge in [-0.3, -0.25) is 13.9 Å². The minimum absolute atomic E-state index is 0.0353. The Hall–Kier alpha value is -4.63. The molecule has 0 aliphatic rings. The van der Waals surface area contributed by atoms with E-state index in [9.17, 15) is 18.0 Å². The molecular weight excluding hydrogens is 586 g/mol. The van der Waals surface area contributed by atoms with Gasteiger partial charge in [-0.2, -0.15) is 0 Å². The van der Waals surface area contributed by atoms with E-state index in [1.165, 1.54) is 24.1 Å². The zero-order valence-corrected chi connectivity index (χ0v) is 27.1. The third-order valence-corrected chi connectivity index (χ3v) is 9.24. The van der Waals surface area contributed by atoms with Gasteiger partial charge in [-0.1, -0.05) is 91.3 Å². The molecular formula is C36H41N3O5S. The van der Waals surface area contributed by atoms with Crippen LogP contribution < -0.4 is 14.4 Å². The van der Waals surface area contributed by atoms with Crippen LogP contribution in [0.2, 0.25) is 0 Å². The van der Waals surface area contributed by atoms with Crippen molar-refractivity contribution in [1.29, 1.82) is 0 Å². The summed E-state index contributed by atoms with van der Waals surface area (Å²) in [5, 5.41) is 2.97. The number of nitrogens with zero attached hydrogens (tertiary/aromatic N) is 2. The third kappa shape index (κ3) is 8.51. The molecule has 0 heterocycles. The first-order valence-corrected chi connectivity index (χ1v) is 16.5. The van der Waals surface area contributed by atoms with Crippen LogP contribution >= 0.6 is 0 Å². The monoisotopic (exact) mass is 627 g/mol. The summed E-state index contributed by atoms with van der Waals surface area (Å²) in [5.41, 5.74) is 3.75. The molecule has 0 aromatic heterocycles. The molecule has 0 radical (unpaired) electrons. The molecule has 45 heavy (non-hydrogen) atoms. The van der Waals surface area contributed by atoms with Crippen LogP contribution in [0.1, 0.15) is 35.6 Å². The van der Waals surface area contributed by atoms with Gasteiger partial charge in [0, 0.05) is 19.5 Å². The van der Waals surface area contributed by atoms with Crippen molar-refractivity contribution >= 4 is 27.5 Å². The Balaban J connectivity index is 1.84. The molecule has 4 aromatic rings. The van der Waals surface area contributed by atoms with Gasteiger partial charge in [0.1, 0.15) is 18.3 Å². The molecule has 1 N–H and O–H groups in total. The molecule has 236 valence electrons. The zero-order valence-electron chi connectivity index (χ0n) is 26.3. The van der Waals surface area contributed by atoms with E-state index in [0.29, 0.717) is 12.3 Å². The molecule has 0 saturated carbocycles. The van der Waals surface area contributed by atoms with Crippen LogP contribution in [0.5, 0.6) is 5.75 Å². The Morgan fingerprint density at radius 1 is 0.822 bits per heavy atom. The Bertz CT molecular complexity index is 1690. The second kappa shape index (κ2) is 15.4. The molecule has 4 rings (SSSR count). The molecule has 0 fully saturated rings. The fourth-order valence-corrected chi connectivity index (χ4v) is 6.59. The number of carbonyl (C=O) groups excluding carboxylic acids is 2. The second-order valence-electron chi connectivity index (χ2n) is 11.0. The van der Waals surface area contributed by atoms with Crippen molar-refractivity contribution in [1.82, 2.24) is 10.2 Å². The number of rotatable bonds is 14. The topological polar surface area (TPSA) is 96.0 Å². The highest BCUT2D eigenvalue weighted by atomic mass is 32.2. The highest BCUT2D eigenvalue weighted by molar-refractivity contribution is 7.92. The summed E-state index contributed by atoms with van der Waals surface area (Å²) in [5.74, 6) is -0.515. The highest BCUT2D eigenvalue weighted by Crippen LogP contribution is 2.34. The Morgan fingerprint density at radius 3 is 2.11 bits per heavy atom. The van der Waals surface area contributed by atoms with E-state index in [1.54, 1.807) is 30.3 Å². The van der Waals surface area contributed by atoms with E-state index >= 15 is 0 Å². The molecule has 0 bridgehead atoms. The van der Waals surface area contributed by atoms with Crippen molar-refractivity contribution in [3.63, 3.8) is 0 Å². The molecule has 0 saturated heterocycles. The van der Waals surface area contributed by atoms with Gasteiger partial charge in [-0.15, -0.1) is 0 Å². The maximum absolute atomic E-state index is 14.6. The number of anilines is 1. The largest absolute Gasteiger partial charge is 0.495 e. The number of methoxy groups -OCH3 is 1. The minimum atomic E-state index is -4.23. The number of hydrogen-bond acceptors (Lipinski definition) is 5. The molecule has 1 atom stereocenters. The third-order valence-electron chi connectivity index (χ3n) is 7.47. The first-order valence-electron chi connectivity index (χ1n) is 15.0. The smallest absolute Gasteiger partial charge is 0.264 e. The van der Waals surface area contributed by atoms with Crippen molar-refractivity contribution in [2.24, 2.45) is 0 Å². The summed E-state index contributed by atoms with van der Waals surface area (Å²) in [7, 11) is -2.77. The summed E-state index contributed by atoms with van der Waals surface area (Å²) >= 11 is 0. The number of sulfonamides is 1. The number of carbonyl (C=O) groups is 2. The fourth-order valence-electron chi connectivity index (χ4n) is 5.16. The minimum Gasteiger partial charge on any atom is -0.495 e. The van der Waals surface area contributed by atoms with Crippen LogP contribution in [-0.2, 0) is 32.6 Å². The average molecular weight is 628 g/mol. The van der Waals surface area contributed by atoms with E-state index in [0.717, 1.165) is 33.0 Å². The van der Waals surface area contributed by atoms with Crippen LogP contribution in [0.15, 0.2) is 108 Å². The van der Waals surface area contributed by atoms with E-state index in [2.05, 4.69) is 5.32 Å². The van der Waals surface area contributed by atoms with Crippen molar-refractivity contribution in [3.05, 3.63) is 125 Å². The normalized spacial score (nSPS) is 11.8. The van der Waals surface area contributed by atoms with Gasteiger partial charge in [-0.05, 0) is 61.2 Å². The van der Waals surface area contributed by atoms with Crippen molar-refractivity contribution in [3.8, 4) is 5.75 Å². The number of aryl methyl sites for hydroxylation is 2. The van der Waals surface area contributed by atoms with Crippen molar-refractivity contribution in [2.45, 2.75) is 51.1 Å². The highest BCUT2D eigenvalue weighted by Gasteiger charge is 2.35. The van der Waals surface area contributed by atoms with Gasteiger partial charge in [0.25, 0.3) is 10.0 Å². The van der Waals surface area contributed by atoms with E-state index in [4.69, 9.17) is 4.74 Å². The summed E-state index contributed by atoms with van der Waals surface area (Å²) in [6.07, 6.45) is 0.985. The van der Waals surface area contributed by atoms with Crippen molar-refractivity contribution in [2.75, 3.05) is 24.5 Å². The van der Waals surface area contributed by atoms with Gasteiger partial charge in [-0.25, -0.2) is 8.42 Å². The number of hydrogen-bond donors (Lipinski definition) is 1. The lowest BCUT2D eigenvalue weighted by molar-refractivity contribution is -0.140. The molecule has 0 unspecified atom stereocenters. The second-order valence-corrected chi connectivity index (χ2v) is 12.9. The predicted octanol–water partition coefficient (Wildman–Crippen LogP) is 5.67. The SMILES string of the molecule is CCCNC(=O)[C@H](Cc1ccccc1)N(Cc1cccc(C)c1)C(=O)CN(c1cc(C)ccc1OC)S(=O)(=O)c1ccccc1. The number of benzene rings is 4. The summed E-state index contributed by atoms with van der Waals surface area (Å²) in [6, 6.07) is 29.5. The Labute approximate surface area is 266 Å². The molecule has 4 aromatic carbocycles. The summed E-state index contributed by atoms with van der Waals surface area (Å²) < 4.78 is 35.1. The lowest BCUT2D eigenvalue weighted by Crippen LogP contribution is -2.53. The zero-order chi connectivity index (χ0) is 32.4. The molecule has 0 aliphatic carbocycles. The number of amides is 2. The molecule has 2 amide bonds. The first kappa shape index (κ1) is 33.3. The molecule has 8 nitrogen and oxygen atoms in total. The van der Waals surface area contributed by atoms with Crippen LogP contribution in [0.25, 0.3) is 0 Å². The summed E-state index contributed by atoms with van der Waals surface area (Å²) in [6.45, 7) is 5.78. The van der Waals surface area contributed by atoms with Crippen LogP contribution in [0.4, 0.5) is 5.69 Å². The van der Waals surface area contributed by atoms with Crippen molar-refractivity contribution < 1.29 is 22.7 Å². The van der Waals surface area contributed by atoms with E-state index < -0.39 is 28.5 Å². The lowest BCUT2D eigenvalue weighted by atomic mass is 10.0. The molecule has 0 aliphatic heterocycles. The first-order chi connectivity index (χ1) is 21.6. The van der Waals surface area contributed by atoms with E-state index in [-0.39, 0.29) is 29.5 Å². The Kier molecular flexibility index (Phi) is 11.4. The number of nitrogens with one attached hydrogen (secondary N) is 1. The summed E-state index contributed by atoms with van der Waals surface area (Å²) in [4.78, 5) is 29.9. The van der Waals surface area contributed by atoms with Gasteiger partial charge in [0.2, 0.25) is 11.8 Å². The molecule has 0 spiro atoms. The van der Waals surface area contributed by atoms with E-state index in [1.807, 2.05) is 81.4 Å². The standard InChI is InChI=1S/C36H41N3O5S/c1-5-21-37-36(41)33(24-29-14-8-6-9-15-29)38(25-30-16-12-13-27(2)22-30)35(40)26-39(32-23-28(3)19-20-34(32)44-4)45(42,43)31-17-10-7-11-18-31/h6-20,22-23,33H,5,21,24-26H2,1-4H3,(H,37,41)/t33-/m0/s1. The molecule has 9 heteroatoms. The predicted molar refractivity (Wildman–Crippen MR) is 178 cm³/mol. The van der Waals surface area contributed by atoms with Crippen LogP contribution in [-0.4, -0.2) is 51.4 Å². The van der Waals surface area contributed by atoms with Gasteiger partial charge >= 0.3 is 0 Å². The average Bonchev–Trinajstić information content (AvgIpc) is 3.04. The van der Waals surface area contributed by atoms with Gasteiger partial charge in [0.05, 0.1) is 17.7 Å². The van der Waals surface area contributed by atoms with Crippen LogP contribution in [0.3, 0.4) is 0 Å². The van der Waals surface area contributed by atoms with Gasteiger partial charge in [0.15, 0.2) is 0 Å². The maximum atomic E-state index is 14.6. The lowest BCUT2D eigenvalue weighted by Gasteiger charge is -2.34. The van der Waals surface area contributed by atoms with Gasteiger partial charge < -0.3 is 15.0 Å². The fraction of sp³-hybridized carbons (Fsp3) is 0.278. The number of ether oxygens (including phenoxy) is 1. The van der Waals surface area contributed by atoms with Crippen LogP contribution in [0, 0.1) is 13.8 Å². The quantitative estimate of drug-likeness (QED) is 0.194. The Morgan fingerprint density at radius 2 is 1.47 bits per heavy atom. The maximum Gasteiger partial charge on any atom is 0.264 e.